The van der Waals surface area contributed by atoms with Gasteiger partial charge in [-0.1, -0.05) is 40.9 Å². The first-order valence-electron chi connectivity index (χ1n) is 7.36. The summed E-state index contributed by atoms with van der Waals surface area (Å²) in [5.74, 6) is 2.13. The van der Waals surface area contributed by atoms with Crippen molar-refractivity contribution in [3.63, 3.8) is 0 Å². The van der Waals surface area contributed by atoms with Crippen LogP contribution in [0.25, 0.3) is 0 Å². The second-order valence-corrected chi connectivity index (χ2v) is 6.99. The molecule has 0 amide bonds. The topological polar surface area (TPSA) is 46.2 Å². The van der Waals surface area contributed by atoms with E-state index in [2.05, 4.69) is 28.1 Å². The monoisotopic (exact) mass is 323 g/mol. The van der Waals surface area contributed by atoms with E-state index < -0.39 is 0 Å². The van der Waals surface area contributed by atoms with Crippen molar-refractivity contribution >= 4 is 15.9 Å². The molecule has 3 rings (SSSR count). The minimum Gasteiger partial charge on any atom is -0.392 e. The SMILES string of the molecule is NCC(c1ccc(Br)cc1)C(O)C1C2CCCCC21. The predicted molar refractivity (Wildman–Crippen MR) is 80.9 cm³/mol. The first-order valence-corrected chi connectivity index (χ1v) is 8.15. The zero-order valence-electron chi connectivity index (χ0n) is 11.1. The van der Waals surface area contributed by atoms with Gasteiger partial charge in [-0.25, -0.2) is 0 Å². The third-order valence-electron chi connectivity index (χ3n) is 5.08. The highest BCUT2D eigenvalue weighted by Gasteiger charge is 2.55. The van der Waals surface area contributed by atoms with E-state index in [1.807, 2.05) is 12.1 Å². The Bertz CT molecular complexity index is 421. The van der Waals surface area contributed by atoms with Gasteiger partial charge in [0.15, 0.2) is 0 Å². The van der Waals surface area contributed by atoms with Crippen LogP contribution in [0.15, 0.2) is 28.7 Å². The van der Waals surface area contributed by atoms with Crippen molar-refractivity contribution in [2.75, 3.05) is 6.54 Å². The zero-order chi connectivity index (χ0) is 13.4. The van der Waals surface area contributed by atoms with Gasteiger partial charge >= 0.3 is 0 Å². The molecule has 0 aromatic heterocycles. The smallest absolute Gasteiger partial charge is 0.0654 e. The van der Waals surface area contributed by atoms with Crippen LogP contribution in [0.5, 0.6) is 0 Å². The lowest BCUT2D eigenvalue weighted by molar-refractivity contribution is 0.112. The summed E-state index contributed by atoms with van der Waals surface area (Å²) in [7, 11) is 0. The van der Waals surface area contributed by atoms with Crippen LogP contribution in [0.3, 0.4) is 0 Å². The van der Waals surface area contributed by atoms with Crippen molar-refractivity contribution < 1.29 is 5.11 Å². The summed E-state index contributed by atoms with van der Waals surface area (Å²) in [5.41, 5.74) is 7.10. The molecule has 3 heteroatoms. The van der Waals surface area contributed by atoms with Crippen molar-refractivity contribution in [1.29, 1.82) is 0 Å². The highest BCUT2D eigenvalue weighted by atomic mass is 79.9. The van der Waals surface area contributed by atoms with E-state index >= 15 is 0 Å². The Morgan fingerprint density at radius 1 is 1.16 bits per heavy atom. The number of rotatable bonds is 4. The maximum absolute atomic E-state index is 10.7. The quantitative estimate of drug-likeness (QED) is 0.893. The molecule has 0 aliphatic heterocycles. The predicted octanol–water partition coefficient (Wildman–Crippen LogP) is 3.29. The Kier molecular flexibility index (Phi) is 3.97. The summed E-state index contributed by atoms with van der Waals surface area (Å²) in [6.07, 6.45) is 5.04. The Balaban J connectivity index is 1.73. The molecule has 4 unspecified atom stereocenters. The van der Waals surface area contributed by atoms with Crippen LogP contribution in [0.4, 0.5) is 0 Å². The third kappa shape index (κ3) is 2.61. The van der Waals surface area contributed by atoms with Gasteiger partial charge in [0, 0.05) is 16.9 Å². The number of halogens is 1. The third-order valence-corrected chi connectivity index (χ3v) is 5.61. The number of hydrogen-bond acceptors (Lipinski definition) is 2. The number of nitrogens with two attached hydrogens (primary N) is 1. The molecule has 19 heavy (non-hydrogen) atoms. The standard InChI is InChI=1S/C16H22BrNO/c17-11-7-5-10(6-8-11)14(9-18)16(19)15-12-3-1-2-4-13(12)15/h5-8,12-16,19H,1-4,9,18H2. The molecule has 2 nitrogen and oxygen atoms in total. The molecule has 1 aromatic rings. The molecule has 0 radical (unpaired) electrons. The van der Waals surface area contributed by atoms with Gasteiger partial charge in [-0.2, -0.15) is 0 Å². The molecule has 104 valence electrons. The first kappa shape index (κ1) is 13.6. The normalized spacial score (nSPS) is 32.5. The van der Waals surface area contributed by atoms with Gasteiger partial charge in [-0.15, -0.1) is 0 Å². The molecule has 3 N–H and O–H groups in total. The minimum absolute atomic E-state index is 0.0868. The lowest BCUT2D eigenvalue weighted by atomic mass is 9.89. The van der Waals surface area contributed by atoms with Crippen LogP contribution in [0.1, 0.15) is 37.2 Å². The first-order chi connectivity index (χ1) is 9.22. The Morgan fingerprint density at radius 3 is 2.26 bits per heavy atom. The highest BCUT2D eigenvalue weighted by molar-refractivity contribution is 9.10. The van der Waals surface area contributed by atoms with Gasteiger partial charge in [0.2, 0.25) is 0 Å². The molecule has 0 spiro atoms. The van der Waals surface area contributed by atoms with Gasteiger partial charge in [0.25, 0.3) is 0 Å². The number of aliphatic hydroxyl groups is 1. The van der Waals surface area contributed by atoms with Crippen LogP contribution in [-0.4, -0.2) is 17.8 Å². The van der Waals surface area contributed by atoms with Gasteiger partial charge in [0.1, 0.15) is 0 Å². The van der Waals surface area contributed by atoms with Crippen LogP contribution >= 0.6 is 15.9 Å². The van der Waals surface area contributed by atoms with E-state index in [1.54, 1.807) is 0 Å². The molecule has 2 aliphatic rings. The molecule has 2 saturated carbocycles. The van der Waals surface area contributed by atoms with Crippen LogP contribution in [-0.2, 0) is 0 Å². The lowest BCUT2D eigenvalue weighted by Gasteiger charge is -2.22. The van der Waals surface area contributed by atoms with E-state index in [-0.39, 0.29) is 12.0 Å². The number of hydrogen-bond donors (Lipinski definition) is 2. The average molecular weight is 324 g/mol. The lowest BCUT2D eigenvalue weighted by Crippen LogP contribution is -2.28. The molecule has 2 fully saturated rings. The molecule has 4 atom stereocenters. The Hall–Kier alpha value is -0.380. The largest absolute Gasteiger partial charge is 0.392 e. The fourth-order valence-electron chi connectivity index (χ4n) is 4.01. The minimum atomic E-state index is -0.265. The van der Waals surface area contributed by atoms with Crippen molar-refractivity contribution in [2.24, 2.45) is 23.5 Å². The van der Waals surface area contributed by atoms with Gasteiger partial charge < -0.3 is 10.8 Å². The van der Waals surface area contributed by atoms with Crippen molar-refractivity contribution in [1.82, 2.24) is 0 Å². The molecular formula is C16H22BrNO. The molecule has 0 heterocycles. The maximum Gasteiger partial charge on any atom is 0.0654 e. The average Bonchev–Trinajstić information content (AvgIpc) is 3.16. The Morgan fingerprint density at radius 2 is 1.74 bits per heavy atom. The second-order valence-electron chi connectivity index (χ2n) is 6.07. The summed E-state index contributed by atoms with van der Waals surface area (Å²) in [6.45, 7) is 0.527. The number of fused-ring (bicyclic) bond motifs is 1. The zero-order valence-corrected chi connectivity index (χ0v) is 12.7. The maximum atomic E-state index is 10.7. The Labute approximate surface area is 123 Å². The van der Waals surface area contributed by atoms with Crippen LogP contribution < -0.4 is 5.73 Å². The van der Waals surface area contributed by atoms with Crippen LogP contribution in [0.2, 0.25) is 0 Å². The van der Waals surface area contributed by atoms with E-state index in [0.717, 1.165) is 16.3 Å². The van der Waals surface area contributed by atoms with Crippen molar-refractivity contribution in [3.8, 4) is 0 Å². The van der Waals surface area contributed by atoms with Crippen molar-refractivity contribution in [2.45, 2.75) is 37.7 Å². The number of aliphatic hydroxyl groups excluding tert-OH is 1. The fraction of sp³-hybridized carbons (Fsp3) is 0.625. The van der Waals surface area contributed by atoms with Gasteiger partial charge in [-0.3, -0.25) is 0 Å². The van der Waals surface area contributed by atoms with Crippen LogP contribution in [0, 0.1) is 17.8 Å². The fourth-order valence-corrected chi connectivity index (χ4v) is 4.27. The summed E-state index contributed by atoms with van der Waals surface area (Å²) in [5, 5.41) is 10.7. The molecule has 0 saturated heterocycles. The molecule has 0 bridgehead atoms. The van der Waals surface area contributed by atoms with E-state index in [1.165, 1.54) is 31.2 Å². The molecule has 2 aliphatic carbocycles. The molecule has 1 aromatic carbocycles. The summed E-state index contributed by atoms with van der Waals surface area (Å²) >= 11 is 3.45. The van der Waals surface area contributed by atoms with Gasteiger partial charge in [-0.05, 0) is 48.3 Å². The number of benzene rings is 1. The van der Waals surface area contributed by atoms with E-state index in [4.69, 9.17) is 5.73 Å². The van der Waals surface area contributed by atoms with E-state index in [0.29, 0.717) is 12.5 Å². The van der Waals surface area contributed by atoms with Crippen molar-refractivity contribution in [3.05, 3.63) is 34.3 Å². The highest BCUT2D eigenvalue weighted by Crippen LogP contribution is 2.58. The summed E-state index contributed by atoms with van der Waals surface area (Å²) in [4.78, 5) is 0. The second kappa shape index (κ2) is 5.55. The van der Waals surface area contributed by atoms with Gasteiger partial charge in [0.05, 0.1) is 6.10 Å². The summed E-state index contributed by atoms with van der Waals surface area (Å²) < 4.78 is 1.07. The van der Waals surface area contributed by atoms with E-state index in [9.17, 15) is 5.11 Å². The molecular weight excluding hydrogens is 302 g/mol. The summed E-state index contributed by atoms with van der Waals surface area (Å²) in [6, 6.07) is 8.23.